The third kappa shape index (κ3) is 2.55. The zero-order valence-corrected chi connectivity index (χ0v) is 16.3. The summed E-state index contributed by atoms with van der Waals surface area (Å²) in [5, 5.41) is 0. The minimum atomic E-state index is -0.106. The first-order chi connectivity index (χ1) is 11.9. The number of carbonyl (C=O) groups excluding carboxylic acids is 1. The summed E-state index contributed by atoms with van der Waals surface area (Å²) in [6, 6.07) is 0. The Hall–Kier alpha value is -1.01. The van der Waals surface area contributed by atoms with Gasteiger partial charge < -0.3 is 4.74 Å². The van der Waals surface area contributed by atoms with Crippen LogP contribution in [0, 0.1) is 34.5 Å². The zero-order chi connectivity index (χ0) is 17.8. The van der Waals surface area contributed by atoms with Crippen molar-refractivity contribution >= 4 is 5.97 Å². The number of esters is 1. The molecule has 25 heavy (non-hydrogen) atoms. The Morgan fingerprint density at radius 2 is 1.92 bits per heavy atom. The maximum Gasteiger partial charge on any atom is 0.302 e. The van der Waals surface area contributed by atoms with Crippen molar-refractivity contribution in [1.82, 2.24) is 0 Å². The van der Waals surface area contributed by atoms with E-state index in [1.807, 2.05) is 0 Å². The van der Waals surface area contributed by atoms with Crippen molar-refractivity contribution in [2.24, 2.45) is 34.5 Å². The molecular weight excluding hydrogens is 308 g/mol. The van der Waals surface area contributed by atoms with Gasteiger partial charge in [-0.3, -0.25) is 4.79 Å². The number of allylic oxidation sites excluding steroid dienone is 1. The first-order valence-electron chi connectivity index (χ1n) is 10.4. The van der Waals surface area contributed by atoms with Gasteiger partial charge in [0.1, 0.15) is 6.10 Å². The molecule has 0 saturated heterocycles. The van der Waals surface area contributed by atoms with Gasteiger partial charge in [0.05, 0.1) is 0 Å². The van der Waals surface area contributed by atoms with Crippen molar-refractivity contribution in [3.05, 3.63) is 17.9 Å². The number of rotatable bonds is 1. The molecule has 0 radical (unpaired) electrons. The van der Waals surface area contributed by atoms with Gasteiger partial charge in [0.25, 0.3) is 0 Å². The second-order valence-corrected chi connectivity index (χ2v) is 9.81. The predicted octanol–water partition coefficient (Wildman–Crippen LogP) is 5.67. The fraction of sp³-hybridized carbons (Fsp3) is 0.826. The highest BCUT2D eigenvalue weighted by Crippen LogP contribution is 2.67. The molecule has 2 nitrogen and oxygen atoms in total. The minimum Gasteiger partial charge on any atom is -0.463 e. The van der Waals surface area contributed by atoms with Crippen LogP contribution in [0.25, 0.3) is 0 Å². The normalized spacial score (nSPS) is 48.8. The molecule has 4 saturated carbocycles. The van der Waals surface area contributed by atoms with Crippen molar-refractivity contribution in [1.29, 1.82) is 0 Å². The standard InChI is InChI=1S/C23H34O2/c1-5-16-7-9-20-19-8-6-17-14-18(25-15(2)24)10-12-23(17,4)21(19)11-13-22(16,20)3/h17-21H,1,6-14H2,2-4H3/t17?,18?,19?,20?,21?,22-,23+/m1/s1. The van der Waals surface area contributed by atoms with Gasteiger partial charge >= 0.3 is 5.97 Å². The lowest BCUT2D eigenvalue weighted by molar-refractivity contribution is -0.158. The average Bonchev–Trinajstić information content (AvgIpc) is 2.91. The summed E-state index contributed by atoms with van der Waals surface area (Å²) in [6.07, 6.45) is 11.6. The summed E-state index contributed by atoms with van der Waals surface area (Å²) in [4.78, 5) is 11.4. The monoisotopic (exact) mass is 342 g/mol. The molecule has 0 bridgehead atoms. The number of carbonyl (C=O) groups is 1. The van der Waals surface area contributed by atoms with Gasteiger partial charge in [-0.1, -0.05) is 20.4 Å². The van der Waals surface area contributed by atoms with Gasteiger partial charge in [0.15, 0.2) is 0 Å². The molecule has 0 N–H and O–H groups in total. The first kappa shape index (κ1) is 17.4. The maximum atomic E-state index is 11.4. The molecule has 4 fully saturated rings. The van der Waals surface area contributed by atoms with E-state index in [0.29, 0.717) is 10.8 Å². The van der Waals surface area contributed by atoms with Crippen LogP contribution in [0.1, 0.15) is 78.6 Å². The van der Waals surface area contributed by atoms with Crippen LogP contribution in [0.3, 0.4) is 0 Å². The smallest absolute Gasteiger partial charge is 0.302 e. The number of hydrogen-bond acceptors (Lipinski definition) is 2. The van der Waals surface area contributed by atoms with Gasteiger partial charge in [0, 0.05) is 6.92 Å². The van der Waals surface area contributed by atoms with Crippen LogP contribution in [-0.2, 0) is 9.53 Å². The second-order valence-electron chi connectivity index (χ2n) is 9.81. The molecule has 0 aromatic rings. The van der Waals surface area contributed by atoms with Crippen molar-refractivity contribution < 1.29 is 9.53 Å². The largest absolute Gasteiger partial charge is 0.463 e. The summed E-state index contributed by atoms with van der Waals surface area (Å²) in [5.74, 6) is 3.24. The van der Waals surface area contributed by atoms with E-state index in [-0.39, 0.29) is 12.1 Å². The third-order valence-electron chi connectivity index (χ3n) is 8.95. The Morgan fingerprint density at radius 1 is 1.12 bits per heavy atom. The van der Waals surface area contributed by atoms with Crippen LogP contribution in [0.5, 0.6) is 0 Å². The zero-order valence-electron chi connectivity index (χ0n) is 16.3. The average molecular weight is 343 g/mol. The van der Waals surface area contributed by atoms with E-state index in [4.69, 9.17) is 4.74 Å². The first-order valence-corrected chi connectivity index (χ1v) is 10.4. The van der Waals surface area contributed by atoms with Gasteiger partial charge in [-0.2, -0.15) is 0 Å². The molecule has 5 unspecified atom stereocenters. The molecule has 0 aromatic heterocycles. The van der Waals surface area contributed by atoms with Crippen molar-refractivity contribution in [2.75, 3.05) is 0 Å². The van der Waals surface area contributed by atoms with Crippen LogP contribution in [-0.4, -0.2) is 12.1 Å². The molecule has 4 aliphatic carbocycles. The van der Waals surface area contributed by atoms with E-state index in [0.717, 1.165) is 36.5 Å². The van der Waals surface area contributed by atoms with Crippen molar-refractivity contribution in [3.63, 3.8) is 0 Å². The van der Waals surface area contributed by atoms with E-state index in [2.05, 4.69) is 26.2 Å². The van der Waals surface area contributed by atoms with Crippen LogP contribution < -0.4 is 0 Å². The Morgan fingerprint density at radius 3 is 2.64 bits per heavy atom. The van der Waals surface area contributed by atoms with Crippen molar-refractivity contribution in [3.8, 4) is 0 Å². The van der Waals surface area contributed by atoms with Gasteiger partial charge in [-0.25, -0.2) is 0 Å². The molecule has 0 aliphatic heterocycles. The quantitative estimate of drug-likeness (QED) is 0.453. The Bertz CT molecular complexity index is 616. The summed E-state index contributed by atoms with van der Waals surface area (Å²) in [5.41, 5.74) is 5.66. The van der Waals surface area contributed by atoms with E-state index in [9.17, 15) is 4.79 Å². The topological polar surface area (TPSA) is 26.3 Å². The van der Waals surface area contributed by atoms with Gasteiger partial charge in [-0.15, -0.1) is 5.73 Å². The number of fused-ring (bicyclic) bond motifs is 5. The molecule has 138 valence electrons. The summed E-state index contributed by atoms with van der Waals surface area (Å²) in [7, 11) is 0. The van der Waals surface area contributed by atoms with E-state index in [1.165, 1.54) is 50.5 Å². The van der Waals surface area contributed by atoms with Crippen LogP contribution >= 0.6 is 0 Å². The lowest BCUT2D eigenvalue weighted by Gasteiger charge is -2.60. The molecular formula is C23H34O2. The highest BCUT2D eigenvalue weighted by molar-refractivity contribution is 5.66. The van der Waals surface area contributed by atoms with Gasteiger partial charge in [0.2, 0.25) is 0 Å². The highest BCUT2D eigenvalue weighted by atomic mass is 16.5. The lowest BCUT2D eigenvalue weighted by Crippen LogP contribution is -2.53. The fourth-order valence-electron chi connectivity index (χ4n) is 7.66. The molecule has 4 rings (SSSR count). The van der Waals surface area contributed by atoms with E-state index >= 15 is 0 Å². The molecule has 2 heteroatoms. The summed E-state index contributed by atoms with van der Waals surface area (Å²) >= 11 is 0. The van der Waals surface area contributed by atoms with Crippen LogP contribution in [0.4, 0.5) is 0 Å². The highest BCUT2D eigenvalue weighted by Gasteiger charge is 2.59. The number of hydrogen-bond donors (Lipinski definition) is 0. The van der Waals surface area contributed by atoms with E-state index < -0.39 is 0 Å². The SMILES string of the molecule is C=C=C1CCC2C3CCC4CC(OC(C)=O)CC[C@]4(C)C3CC[C@]12C. The summed E-state index contributed by atoms with van der Waals surface area (Å²) < 4.78 is 5.58. The molecule has 0 amide bonds. The maximum absolute atomic E-state index is 11.4. The lowest BCUT2D eigenvalue weighted by atomic mass is 9.45. The number of ether oxygens (including phenoxy) is 1. The molecule has 0 heterocycles. The molecule has 4 aliphatic rings. The fourth-order valence-corrected chi connectivity index (χ4v) is 7.66. The minimum absolute atomic E-state index is 0.106. The Kier molecular flexibility index (Phi) is 4.19. The Labute approximate surface area is 153 Å². The molecule has 0 aromatic carbocycles. The van der Waals surface area contributed by atoms with Crippen LogP contribution in [0.15, 0.2) is 17.9 Å². The predicted molar refractivity (Wildman–Crippen MR) is 99.9 cm³/mol. The van der Waals surface area contributed by atoms with E-state index in [1.54, 1.807) is 6.92 Å². The van der Waals surface area contributed by atoms with Gasteiger partial charge in [-0.05, 0) is 97.9 Å². The molecule has 0 spiro atoms. The summed E-state index contributed by atoms with van der Waals surface area (Å²) in [6.45, 7) is 10.6. The van der Waals surface area contributed by atoms with Crippen LogP contribution in [0.2, 0.25) is 0 Å². The second kappa shape index (κ2) is 6.02. The third-order valence-corrected chi connectivity index (χ3v) is 8.95. The molecule has 7 atom stereocenters. The Balaban J connectivity index is 1.56. The van der Waals surface area contributed by atoms with Crippen molar-refractivity contribution in [2.45, 2.75) is 84.7 Å².